The Bertz CT molecular complexity index is 769. The number of ether oxygens (including phenoxy) is 1. The Morgan fingerprint density at radius 3 is 2.69 bits per heavy atom. The molecular weight excluding hydrogens is 360 g/mol. The third-order valence-electron chi connectivity index (χ3n) is 5.45. The molecule has 0 radical (unpaired) electrons. The molecule has 0 heterocycles. The van der Waals surface area contributed by atoms with Crippen molar-refractivity contribution in [2.24, 2.45) is 11.1 Å². The summed E-state index contributed by atoms with van der Waals surface area (Å²) >= 11 is 0. The van der Waals surface area contributed by atoms with Gasteiger partial charge in [-0.15, -0.1) is 0 Å². The van der Waals surface area contributed by atoms with Crippen LogP contribution < -0.4 is 11.1 Å². The van der Waals surface area contributed by atoms with E-state index in [9.17, 15) is 4.79 Å². The molecule has 4 nitrogen and oxygen atoms in total. The second-order valence-corrected chi connectivity index (χ2v) is 9.76. The largest absolute Gasteiger partial charge is 0.444 e. The Hall–Kier alpha value is -2.07. The molecule has 0 aromatic heterocycles. The maximum absolute atomic E-state index is 11.8. The molecule has 1 aliphatic carbocycles. The third-order valence-corrected chi connectivity index (χ3v) is 5.45. The van der Waals surface area contributed by atoms with Crippen LogP contribution in [0.4, 0.5) is 4.79 Å². The van der Waals surface area contributed by atoms with Crippen LogP contribution in [-0.2, 0) is 4.74 Å². The van der Waals surface area contributed by atoms with Crippen LogP contribution in [0.3, 0.4) is 0 Å². The number of amides is 1. The molecule has 29 heavy (non-hydrogen) atoms. The predicted molar refractivity (Wildman–Crippen MR) is 122 cm³/mol. The van der Waals surface area contributed by atoms with Gasteiger partial charge in [-0.2, -0.15) is 0 Å². The van der Waals surface area contributed by atoms with Gasteiger partial charge in [-0.1, -0.05) is 55.8 Å². The standard InChI is InChI=1S/C25H38N2O2/c1-18-9-8-15-25(5,6)21(18)13-12-19-10-7-11-20(17-19)22(26)14-16-27-23(28)29-24(2,3)4/h7,10-13,17,22H,8-9,14-16,26H2,1-6H3,(H,27,28). The molecule has 1 unspecified atom stereocenters. The van der Waals surface area contributed by atoms with E-state index in [4.69, 9.17) is 10.5 Å². The molecule has 1 aromatic carbocycles. The van der Waals surface area contributed by atoms with Crippen molar-refractivity contribution < 1.29 is 9.53 Å². The molecule has 0 saturated carbocycles. The highest BCUT2D eigenvalue weighted by atomic mass is 16.6. The van der Waals surface area contributed by atoms with Gasteiger partial charge in [0, 0.05) is 12.6 Å². The summed E-state index contributed by atoms with van der Waals surface area (Å²) in [5, 5.41) is 2.78. The van der Waals surface area contributed by atoms with Crippen LogP contribution in [0.2, 0.25) is 0 Å². The Morgan fingerprint density at radius 1 is 1.31 bits per heavy atom. The van der Waals surface area contributed by atoms with Gasteiger partial charge in [-0.25, -0.2) is 4.79 Å². The Kier molecular flexibility index (Phi) is 7.70. The first-order valence-corrected chi connectivity index (χ1v) is 10.7. The molecule has 1 aromatic rings. The maximum Gasteiger partial charge on any atom is 0.407 e. The zero-order valence-electron chi connectivity index (χ0n) is 19.0. The van der Waals surface area contributed by atoms with Gasteiger partial charge in [0.15, 0.2) is 0 Å². The summed E-state index contributed by atoms with van der Waals surface area (Å²) in [5.74, 6) is 0. The van der Waals surface area contributed by atoms with Gasteiger partial charge in [0.05, 0.1) is 0 Å². The summed E-state index contributed by atoms with van der Waals surface area (Å²) in [4.78, 5) is 11.8. The number of hydrogen-bond acceptors (Lipinski definition) is 3. The van der Waals surface area contributed by atoms with E-state index in [1.165, 1.54) is 30.4 Å². The number of nitrogens with one attached hydrogen (secondary N) is 1. The quantitative estimate of drug-likeness (QED) is 0.605. The molecule has 0 bridgehead atoms. The number of allylic oxidation sites excluding steroid dienone is 3. The summed E-state index contributed by atoms with van der Waals surface area (Å²) < 4.78 is 5.26. The lowest BCUT2D eigenvalue weighted by Crippen LogP contribution is -2.34. The molecule has 3 N–H and O–H groups in total. The highest BCUT2D eigenvalue weighted by Gasteiger charge is 2.26. The fourth-order valence-electron chi connectivity index (χ4n) is 3.89. The van der Waals surface area contributed by atoms with Crippen LogP contribution in [0.1, 0.15) is 84.4 Å². The first kappa shape index (κ1) is 23.2. The molecule has 1 atom stereocenters. The zero-order chi connectivity index (χ0) is 21.7. The van der Waals surface area contributed by atoms with Crippen LogP contribution in [0, 0.1) is 5.41 Å². The number of carbonyl (C=O) groups excluding carboxylic acids is 1. The maximum atomic E-state index is 11.8. The van der Waals surface area contributed by atoms with Crippen molar-refractivity contribution in [1.82, 2.24) is 5.32 Å². The van der Waals surface area contributed by atoms with E-state index in [0.717, 1.165) is 11.1 Å². The highest BCUT2D eigenvalue weighted by molar-refractivity contribution is 5.67. The van der Waals surface area contributed by atoms with Gasteiger partial charge in [-0.3, -0.25) is 0 Å². The summed E-state index contributed by atoms with van der Waals surface area (Å²) in [5.41, 5.74) is 11.3. The van der Waals surface area contributed by atoms with Crippen molar-refractivity contribution >= 4 is 12.2 Å². The number of carbonyl (C=O) groups is 1. The van der Waals surface area contributed by atoms with Crippen LogP contribution in [0.25, 0.3) is 6.08 Å². The lowest BCUT2D eigenvalue weighted by Gasteiger charge is -2.32. The highest BCUT2D eigenvalue weighted by Crippen LogP contribution is 2.41. The number of benzene rings is 1. The second kappa shape index (κ2) is 9.62. The number of nitrogens with two attached hydrogens (primary N) is 1. The fourth-order valence-corrected chi connectivity index (χ4v) is 3.89. The molecule has 0 fully saturated rings. The molecule has 0 saturated heterocycles. The van der Waals surface area contributed by atoms with E-state index in [-0.39, 0.29) is 11.5 Å². The lowest BCUT2D eigenvalue weighted by atomic mass is 9.72. The van der Waals surface area contributed by atoms with Gasteiger partial charge in [-0.05, 0) is 75.5 Å². The monoisotopic (exact) mass is 398 g/mol. The fraction of sp³-hybridized carbons (Fsp3) is 0.560. The average molecular weight is 399 g/mol. The Morgan fingerprint density at radius 2 is 2.03 bits per heavy atom. The predicted octanol–water partition coefficient (Wildman–Crippen LogP) is 6.14. The Balaban J connectivity index is 1.97. The van der Waals surface area contributed by atoms with Crippen molar-refractivity contribution in [3.05, 3.63) is 52.6 Å². The minimum Gasteiger partial charge on any atom is -0.444 e. The van der Waals surface area contributed by atoms with Gasteiger partial charge >= 0.3 is 6.09 Å². The van der Waals surface area contributed by atoms with Gasteiger partial charge in [0.2, 0.25) is 0 Å². The van der Waals surface area contributed by atoms with Crippen molar-refractivity contribution in [2.45, 2.75) is 78.9 Å². The first-order valence-electron chi connectivity index (χ1n) is 10.7. The van der Waals surface area contributed by atoms with E-state index in [2.05, 4.69) is 50.4 Å². The van der Waals surface area contributed by atoms with Crippen molar-refractivity contribution in [3.8, 4) is 0 Å². The van der Waals surface area contributed by atoms with Crippen LogP contribution in [-0.4, -0.2) is 18.2 Å². The molecule has 2 rings (SSSR count). The summed E-state index contributed by atoms with van der Waals surface area (Å²) in [6, 6.07) is 8.21. The van der Waals surface area contributed by atoms with Gasteiger partial charge in [0.1, 0.15) is 5.60 Å². The van der Waals surface area contributed by atoms with Crippen LogP contribution in [0.5, 0.6) is 0 Å². The van der Waals surface area contributed by atoms with Gasteiger partial charge < -0.3 is 15.8 Å². The molecule has 1 aliphatic rings. The number of rotatable bonds is 6. The third kappa shape index (κ3) is 7.36. The number of hydrogen-bond donors (Lipinski definition) is 2. The molecule has 1 amide bonds. The van der Waals surface area contributed by atoms with Crippen LogP contribution >= 0.6 is 0 Å². The molecule has 0 aliphatic heterocycles. The Labute approximate surface area is 176 Å². The summed E-state index contributed by atoms with van der Waals surface area (Å²) in [6.45, 7) is 13.0. The molecule has 160 valence electrons. The smallest absolute Gasteiger partial charge is 0.407 e. The summed E-state index contributed by atoms with van der Waals surface area (Å²) in [7, 11) is 0. The van der Waals surface area contributed by atoms with Crippen LogP contribution in [0.15, 0.2) is 41.5 Å². The normalized spacial score (nSPS) is 18.0. The molecule has 0 spiro atoms. The van der Waals surface area contributed by atoms with E-state index in [1.54, 1.807) is 0 Å². The lowest BCUT2D eigenvalue weighted by molar-refractivity contribution is 0.0526. The molecular formula is C25H38N2O2. The molecule has 4 heteroatoms. The van der Waals surface area contributed by atoms with E-state index in [0.29, 0.717) is 13.0 Å². The zero-order valence-corrected chi connectivity index (χ0v) is 19.0. The van der Waals surface area contributed by atoms with Crippen molar-refractivity contribution in [3.63, 3.8) is 0 Å². The van der Waals surface area contributed by atoms with E-state index in [1.807, 2.05) is 32.9 Å². The number of alkyl carbamates (subject to hydrolysis) is 1. The van der Waals surface area contributed by atoms with E-state index >= 15 is 0 Å². The SMILES string of the molecule is CC1=C(C=Cc2cccc(C(N)CCNC(=O)OC(C)(C)C)c2)C(C)(C)CCC1. The minimum atomic E-state index is -0.493. The second-order valence-electron chi connectivity index (χ2n) is 9.76. The topological polar surface area (TPSA) is 64.3 Å². The van der Waals surface area contributed by atoms with Crippen molar-refractivity contribution in [2.75, 3.05) is 6.54 Å². The average Bonchev–Trinajstić information content (AvgIpc) is 2.59. The minimum absolute atomic E-state index is 0.134. The van der Waals surface area contributed by atoms with E-state index < -0.39 is 11.7 Å². The van der Waals surface area contributed by atoms with Crippen molar-refractivity contribution in [1.29, 1.82) is 0 Å². The van der Waals surface area contributed by atoms with Gasteiger partial charge in [0.25, 0.3) is 0 Å². The first-order chi connectivity index (χ1) is 13.5. The summed E-state index contributed by atoms with van der Waals surface area (Å²) in [6.07, 6.45) is 8.43.